The van der Waals surface area contributed by atoms with E-state index < -0.39 is 0 Å². The number of unbranched alkanes of at least 4 members (excludes halogenated alkanes) is 1. The van der Waals surface area contributed by atoms with Gasteiger partial charge in [0.05, 0.1) is 0 Å². The van der Waals surface area contributed by atoms with Crippen molar-refractivity contribution < 1.29 is 4.39 Å². The first-order chi connectivity index (χ1) is 9.19. The average molecular weight is 264 g/mol. The minimum absolute atomic E-state index is 0.0847. The highest BCUT2D eigenvalue weighted by Crippen LogP contribution is 2.20. The van der Waals surface area contributed by atoms with Gasteiger partial charge in [0.15, 0.2) is 0 Å². The van der Waals surface area contributed by atoms with Crippen LogP contribution in [-0.4, -0.2) is 24.5 Å². The van der Waals surface area contributed by atoms with Crippen molar-refractivity contribution >= 4 is 0 Å². The molecule has 0 heterocycles. The van der Waals surface area contributed by atoms with E-state index in [1.54, 1.807) is 6.07 Å². The van der Waals surface area contributed by atoms with Gasteiger partial charge in [-0.15, -0.1) is 0 Å². The van der Waals surface area contributed by atoms with Crippen LogP contribution < -0.4 is 5.32 Å². The quantitative estimate of drug-likeness (QED) is 0.775. The van der Waals surface area contributed by atoms with E-state index in [0.29, 0.717) is 12.6 Å². The first kappa shape index (κ1) is 14.5. The van der Waals surface area contributed by atoms with Crippen LogP contribution in [0.1, 0.15) is 43.7 Å². The third-order valence-electron chi connectivity index (χ3n) is 3.62. The Morgan fingerprint density at radius 2 is 2.16 bits per heavy atom. The molecule has 0 atom stereocenters. The van der Waals surface area contributed by atoms with Crippen LogP contribution in [0.25, 0.3) is 0 Å². The molecule has 19 heavy (non-hydrogen) atoms. The molecule has 2 rings (SSSR count). The summed E-state index contributed by atoms with van der Waals surface area (Å²) in [4.78, 5) is 2.19. The van der Waals surface area contributed by atoms with Crippen molar-refractivity contribution in [2.24, 2.45) is 0 Å². The molecule has 0 spiro atoms. The lowest BCUT2D eigenvalue weighted by molar-refractivity contribution is 0.315. The van der Waals surface area contributed by atoms with Gasteiger partial charge in [0.2, 0.25) is 0 Å². The van der Waals surface area contributed by atoms with Crippen molar-refractivity contribution in [1.82, 2.24) is 10.2 Å². The van der Waals surface area contributed by atoms with Gasteiger partial charge in [-0.2, -0.15) is 0 Å². The molecule has 1 saturated carbocycles. The van der Waals surface area contributed by atoms with Gasteiger partial charge >= 0.3 is 0 Å². The van der Waals surface area contributed by atoms with Crippen LogP contribution in [0.5, 0.6) is 0 Å². The number of hydrogen-bond acceptors (Lipinski definition) is 2. The molecule has 0 radical (unpaired) electrons. The van der Waals surface area contributed by atoms with E-state index in [1.807, 2.05) is 12.1 Å². The summed E-state index contributed by atoms with van der Waals surface area (Å²) in [7, 11) is 2.06. The van der Waals surface area contributed by atoms with Crippen molar-refractivity contribution in [2.45, 2.75) is 51.7 Å². The van der Waals surface area contributed by atoms with Gasteiger partial charge in [0, 0.05) is 24.7 Å². The summed E-state index contributed by atoms with van der Waals surface area (Å²) >= 11 is 0. The summed E-state index contributed by atoms with van der Waals surface area (Å²) in [6.45, 7) is 4.76. The molecule has 1 aromatic rings. The molecule has 0 amide bonds. The third-order valence-corrected chi connectivity index (χ3v) is 3.62. The molecular weight excluding hydrogens is 239 g/mol. The van der Waals surface area contributed by atoms with Crippen molar-refractivity contribution in [1.29, 1.82) is 0 Å². The van der Waals surface area contributed by atoms with Crippen LogP contribution >= 0.6 is 0 Å². The van der Waals surface area contributed by atoms with Crippen molar-refractivity contribution in [3.05, 3.63) is 35.1 Å². The Morgan fingerprint density at radius 1 is 1.37 bits per heavy atom. The Balaban J connectivity index is 1.91. The number of nitrogens with one attached hydrogen (secondary N) is 1. The Labute approximate surface area is 116 Å². The van der Waals surface area contributed by atoms with E-state index in [9.17, 15) is 4.39 Å². The van der Waals surface area contributed by atoms with Gasteiger partial charge in [-0.05, 0) is 44.5 Å². The van der Waals surface area contributed by atoms with Gasteiger partial charge in [-0.25, -0.2) is 4.39 Å². The SMILES string of the molecule is CCCCN(C)Cc1cc(CNC2CC2)ccc1F. The fraction of sp³-hybridized carbons (Fsp3) is 0.625. The van der Waals surface area contributed by atoms with Crippen molar-refractivity contribution in [3.63, 3.8) is 0 Å². The molecule has 1 fully saturated rings. The number of nitrogens with zero attached hydrogens (tertiary/aromatic N) is 1. The van der Waals surface area contributed by atoms with Gasteiger partial charge in [-0.1, -0.05) is 25.5 Å². The molecule has 3 heteroatoms. The minimum Gasteiger partial charge on any atom is -0.310 e. The molecular formula is C16H25FN2. The summed E-state index contributed by atoms with van der Waals surface area (Å²) in [6, 6.07) is 6.20. The summed E-state index contributed by atoms with van der Waals surface area (Å²) in [5.41, 5.74) is 2.00. The highest BCUT2D eigenvalue weighted by Gasteiger charge is 2.20. The van der Waals surface area contributed by atoms with Gasteiger partial charge in [0.25, 0.3) is 0 Å². The summed E-state index contributed by atoms with van der Waals surface area (Å²) < 4.78 is 13.8. The zero-order valence-electron chi connectivity index (χ0n) is 12.1. The zero-order chi connectivity index (χ0) is 13.7. The zero-order valence-corrected chi connectivity index (χ0v) is 12.1. The summed E-state index contributed by atoms with van der Waals surface area (Å²) in [5.74, 6) is -0.0847. The van der Waals surface area contributed by atoms with Gasteiger partial charge < -0.3 is 10.2 Å². The lowest BCUT2D eigenvalue weighted by Crippen LogP contribution is -2.20. The molecule has 0 aliphatic heterocycles. The first-order valence-corrected chi connectivity index (χ1v) is 7.38. The molecule has 0 saturated heterocycles. The smallest absolute Gasteiger partial charge is 0.127 e. The van der Waals surface area contributed by atoms with E-state index >= 15 is 0 Å². The first-order valence-electron chi connectivity index (χ1n) is 7.38. The Bertz CT molecular complexity index is 402. The van der Waals surface area contributed by atoms with Crippen LogP contribution in [0.2, 0.25) is 0 Å². The lowest BCUT2D eigenvalue weighted by atomic mass is 10.1. The third kappa shape index (κ3) is 4.92. The molecule has 1 aliphatic carbocycles. The second-order valence-corrected chi connectivity index (χ2v) is 5.67. The second kappa shape index (κ2) is 7.01. The fourth-order valence-electron chi connectivity index (χ4n) is 2.21. The van der Waals surface area contributed by atoms with Crippen LogP contribution in [0.4, 0.5) is 4.39 Å². The fourth-order valence-corrected chi connectivity index (χ4v) is 2.21. The van der Waals surface area contributed by atoms with Crippen LogP contribution in [-0.2, 0) is 13.1 Å². The molecule has 1 aliphatic rings. The van der Waals surface area contributed by atoms with E-state index in [0.717, 1.165) is 18.7 Å². The number of benzene rings is 1. The molecule has 0 bridgehead atoms. The average Bonchev–Trinajstić information content (AvgIpc) is 3.21. The van der Waals surface area contributed by atoms with Gasteiger partial charge in [0.1, 0.15) is 5.82 Å². The highest BCUT2D eigenvalue weighted by atomic mass is 19.1. The van der Waals surface area contributed by atoms with Crippen LogP contribution in [0, 0.1) is 5.82 Å². The predicted molar refractivity (Wildman–Crippen MR) is 77.5 cm³/mol. The normalized spacial score (nSPS) is 15.2. The monoisotopic (exact) mass is 264 g/mol. The Kier molecular flexibility index (Phi) is 5.34. The van der Waals surface area contributed by atoms with E-state index in [1.165, 1.54) is 31.2 Å². The van der Waals surface area contributed by atoms with Crippen LogP contribution in [0.15, 0.2) is 18.2 Å². The molecule has 1 aromatic carbocycles. The maximum absolute atomic E-state index is 13.8. The summed E-state index contributed by atoms with van der Waals surface area (Å²) in [5, 5.41) is 3.47. The highest BCUT2D eigenvalue weighted by molar-refractivity contribution is 5.25. The van der Waals surface area contributed by atoms with E-state index in [4.69, 9.17) is 0 Å². The molecule has 106 valence electrons. The maximum Gasteiger partial charge on any atom is 0.127 e. The van der Waals surface area contributed by atoms with Crippen molar-refractivity contribution in [3.8, 4) is 0 Å². The molecule has 2 nitrogen and oxygen atoms in total. The van der Waals surface area contributed by atoms with E-state index in [-0.39, 0.29) is 5.82 Å². The Morgan fingerprint density at radius 3 is 2.84 bits per heavy atom. The predicted octanol–water partition coefficient (Wildman–Crippen LogP) is 3.31. The summed E-state index contributed by atoms with van der Waals surface area (Å²) in [6.07, 6.45) is 4.92. The van der Waals surface area contributed by atoms with E-state index in [2.05, 4.69) is 24.2 Å². The standard InChI is InChI=1S/C16H25FN2/c1-3-4-9-19(2)12-14-10-13(5-8-16(14)17)11-18-15-6-7-15/h5,8,10,15,18H,3-4,6-7,9,11-12H2,1-2H3. The Hall–Kier alpha value is -0.930. The van der Waals surface area contributed by atoms with Crippen molar-refractivity contribution in [2.75, 3.05) is 13.6 Å². The molecule has 0 unspecified atom stereocenters. The number of rotatable bonds is 8. The second-order valence-electron chi connectivity index (χ2n) is 5.67. The lowest BCUT2D eigenvalue weighted by Gasteiger charge is -2.17. The number of hydrogen-bond donors (Lipinski definition) is 1. The molecule has 1 N–H and O–H groups in total. The minimum atomic E-state index is -0.0847. The topological polar surface area (TPSA) is 15.3 Å². The maximum atomic E-state index is 13.8. The van der Waals surface area contributed by atoms with Crippen LogP contribution in [0.3, 0.4) is 0 Å². The largest absolute Gasteiger partial charge is 0.310 e. The van der Waals surface area contributed by atoms with Gasteiger partial charge in [-0.3, -0.25) is 0 Å². The molecule has 0 aromatic heterocycles. The number of halogens is 1.